The number of benzene rings is 1. The van der Waals surface area contributed by atoms with Gasteiger partial charge in [0.25, 0.3) is 0 Å². The van der Waals surface area contributed by atoms with Gasteiger partial charge in [-0.15, -0.1) is 6.58 Å². The molecule has 2 saturated carbocycles. The van der Waals surface area contributed by atoms with Crippen molar-refractivity contribution in [1.29, 1.82) is 0 Å². The maximum atomic E-state index is 14.6. The number of allylic oxidation sites excluding steroid dienone is 1. The van der Waals surface area contributed by atoms with E-state index in [2.05, 4.69) is 16.3 Å². The van der Waals surface area contributed by atoms with E-state index < -0.39 is 86.2 Å². The van der Waals surface area contributed by atoms with Crippen molar-refractivity contribution in [2.24, 2.45) is 17.3 Å². The lowest BCUT2D eigenvalue weighted by Gasteiger charge is -2.31. The number of sulfonamides is 1. The van der Waals surface area contributed by atoms with Crippen molar-refractivity contribution >= 4 is 56.2 Å². The van der Waals surface area contributed by atoms with Crippen LogP contribution in [-0.4, -0.2) is 102 Å². The van der Waals surface area contributed by atoms with E-state index in [1.807, 2.05) is 6.07 Å². The number of ketones is 1. The van der Waals surface area contributed by atoms with Gasteiger partial charge >= 0.3 is 5.97 Å². The summed E-state index contributed by atoms with van der Waals surface area (Å²) in [5.41, 5.74) is -2.23. The standard InChI is InChI=1S/C39H48N4O11S/c1-6-25-20-39(25,37(49)41-55(50,51)28-9-10-28)21-31(44)30-19-27(53-35-29-11-8-26(52-5)17-23(29)13-15-40-35)22-43(30)36(48)24(18-34(47)54-38(2,3)4)7-12-32(45)42-16-14-33(42)46/h6,8,11,13,15,17,24-25,27-28,30H,1,7,9-10,12,14,16,18-22H2,2-5H3,(H,41,49)/t24-,25?,27-,30+,39-/m1/s1. The number of amides is 4. The molecule has 1 aromatic carbocycles. The van der Waals surface area contributed by atoms with E-state index >= 15 is 0 Å². The minimum Gasteiger partial charge on any atom is -0.497 e. The molecule has 1 aromatic heterocycles. The maximum Gasteiger partial charge on any atom is 0.307 e. The number of Topliss-reactive ketones (excluding diaryl/α,β-unsaturated/α-hetero) is 1. The van der Waals surface area contributed by atoms with Crippen LogP contribution in [0.4, 0.5) is 0 Å². The largest absolute Gasteiger partial charge is 0.497 e. The summed E-state index contributed by atoms with van der Waals surface area (Å²) in [6.45, 7) is 9.04. The molecule has 2 aliphatic heterocycles. The minimum atomic E-state index is -3.90. The van der Waals surface area contributed by atoms with Crippen LogP contribution in [0.5, 0.6) is 11.6 Å². The number of likely N-dealkylation sites (tertiary alicyclic amines) is 2. The van der Waals surface area contributed by atoms with Crippen LogP contribution >= 0.6 is 0 Å². The predicted molar refractivity (Wildman–Crippen MR) is 198 cm³/mol. The molecular formula is C39H48N4O11S. The molecule has 4 fully saturated rings. The molecule has 6 rings (SSSR count). The summed E-state index contributed by atoms with van der Waals surface area (Å²) < 4.78 is 44.9. The zero-order chi connectivity index (χ0) is 39.9. The average Bonchev–Trinajstić information content (AvgIpc) is 4.05. The van der Waals surface area contributed by atoms with Gasteiger partial charge in [-0.3, -0.25) is 38.4 Å². The zero-order valence-electron chi connectivity index (χ0n) is 31.6. The molecule has 2 aliphatic carbocycles. The quantitative estimate of drug-likeness (QED) is 0.149. The summed E-state index contributed by atoms with van der Waals surface area (Å²) >= 11 is 0. The molecule has 0 bridgehead atoms. The summed E-state index contributed by atoms with van der Waals surface area (Å²) in [5.74, 6) is -4.00. The number of nitrogens with one attached hydrogen (secondary N) is 1. The van der Waals surface area contributed by atoms with Gasteiger partial charge in [0.05, 0.1) is 36.8 Å². The van der Waals surface area contributed by atoms with Crippen molar-refractivity contribution in [3.63, 3.8) is 0 Å². The number of β-lactam (4-membered cyclic amide) rings is 1. The van der Waals surface area contributed by atoms with Gasteiger partial charge in [0, 0.05) is 49.7 Å². The van der Waals surface area contributed by atoms with Crippen molar-refractivity contribution in [2.75, 3.05) is 20.2 Å². The van der Waals surface area contributed by atoms with E-state index in [0.29, 0.717) is 24.0 Å². The number of fused-ring (bicyclic) bond motifs is 1. The number of hydrogen-bond acceptors (Lipinski definition) is 12. The number of pyridine rings is 1. The van der Waals surface area contributed by atoms with Gasteiger partial charge in [-0.25, -0.2) is 13.4 Å². The fraction of sp³-hybridized carbons (Fsp3) is 0.564. The van der Waals surface area contributed by atoms with Crippen molar-refractivity contribution in [1.82, 2.24) is 19.5 Å². The molecule has 16 heteroatoms. The molecule has 2 aromatic rings. The van der Waals surface area contributed by atoms with Crippen molar-refractivity contribution in [3.8, 4) is 11.6 Å². The molecule has 0 spiro atoms. The van der Waals surface area contributed by atoms with Crippen LogP contribution in [0.25, 0.3) is 10.8 Å². The van der Waals surface area contributed by atoms with Crippen LogP contribution in [0.2, 0.25) is 0 Å². The minimum absolute atomic E-state index is 0.00991. The number of nitrogens with zero attached hydrogens (tertiary/aromatic N) is 3. The predicted octanol–water partition coefficient (Wildman–Crippen LogP) is 3.24. The van der Waals surface area contributed by atoms with Gasteiger partial charge in [0.2, 0.25) is 39.5 Å². The molecule has 1 N–H and O–H groups in total. The highest BCUT2D eigenvalue weighted by Gasteiger charge is 2.61. The van der Waals surface area contributed by atoms with E-state index in [1.54, 1.807) is 52.3 Å². The third-order valence-corrected chi connectivity index (χ3v) is 12.5. The third-order valence-electron chi connectivity index (χ3n) is 10.7. The van der Waals surface area contributed by atoms with Crippen LogP contribution in [0.15, 0.2) is 43.1 Å². The summed E-state index contributed by atoms with van der Waals surface area (Å²) in [7, 11) is -2.35. The SMILES string of the molecule is C=CC1C[C@]1(CC(=O)[C@@H]1C[C@@H](Oc2nccc3cc(OC)ccc23)CN1C(=O)[C@H](CCC(=O)N1CCC1=O)CC(=O)OC(C)(C)C)C(=O)NS(=O)(=O)C1CC1. The molecule has 0 radical (unpaired) electrons. The first-order valence-electron chi connectivity index (χ1n) is 18.6. The first-order chi connectivity index (χ1) is 25.9. The van der Waals surface area contributed by atoms with Crippen molar-refractivity contribution < 1.29 is 51.4 Å². The lowest BCUT2D eigenvalue weighted by Crippen LogP contribution is -2.48. The number of carbonyl (C=O) groups excluding carboxylic acids is 6. The summed E-state index contributed by atoms with van der Waals surface area (Å²) in [5, 5.41) is 0.795. The fourth-order valence-corrected chi connectivity index (χ4v) is 8.78. The monoisotopic (exact) mass is 780 g/mol. The molecule has 1 unspecified atom stereocenters. The van der Waals surface area contributed by atoms with Gasteiger partial charge in [0.1, 0.15) is 17.5 Å². The first-order valence-corrected chi connectivity index (χ1v) is 20.2. The highest BCUT2D eigenvalue weighted by molar-refractivity contribution is 7.90. The van der Waals surface area contributed by atoms with Crippen LogP contribution in [0.1, 0.15) is 78.6 Å². The topological polar surface area (TPSA) is 196 Å². The van der Waals surface area contributed by atoms with Crippen LogP contribution in [0, 0.1) is 17.3 Å². The van der Waals surface area contributed by atoms with Crippen molar-refractivity contribution in [3.05, 3.63) is 43.1 Å². The Balaban J connectivity index is 1.28. The van der Waals surface area contributed by atoms with Gasteiger partial charge in [-0.05, 0) is 82.0 Å². The Morgan fingerprint density at radius 3 is 2.49 bits per heavy atom. The maximum absolute atomic E-state index is 14.6. The number of hydrogen-bond donors (Lipinski definition) is 1. The number of esters is 1. The third kappa shape index (κ3) is 8.84. The molecule has 3 heterocycles. The molecule has 2 saturated heterocycles. The Hall–Kier alpha value is -4.86. The zero-order valence-corrected chi connectivity index (χ0v) is 32.4. The summed E-state index contributed by atoms with van der Waals surface area (Å²) in [4.78, 5) is 87.4. The van der Waals surface area contributed by atoms with E-state index in [0.717, 1.165) is 10.3 Å². The van der Waals surface area contributed by atoms with E-state index in [4.69, 9.17) is 14.2 Å². The lowest BCUT2D eigenvalue weighted by atomic mass is 9.90. The number of imide groups is 1. The number of rotatable bonds is 16. The Bertz CT molecular complexity index is 2020. The van der Waals surface area contributed by atoms with Crippen molar-refractivity contribution in [2.45, 2.75) is 102 Å². The van der Waals surface area contributed by atoms with E-state index in [-0.39, 0.29) is 63.4 Å². The molecule has 4 aliphatic rings. The fourth-order valence-electron chi connectivity index (χ4n) is 7.39. The normalized spacial score (nSPS) is 24.1. The van der Waals surface area contributed by atoms with Crippen LogP contribution in [0.3, 0.4) is 0 Å². The summed E-state index contributed by atoms with van der Waals surface area (Å²) in [6.07, 6.45) is 2.65. The van der Waals surface area contributed by atoms with Gasteiger partial charge < -0.3 is 19.1 Å². The Kier molecular flexibility index (Phi) is 11.1. The number of aromatic nitrogens is 1. The molecule has 55 heavy (non-hydrogen) atoms. The number of ether oxygens (including phenoxy) is 3. The molecular weight excluding hydrogens is 733 g/mol. The molecule has 296 valence electrons. The van der Waals surface area contributed by atoms with Gasteiger partial charge in [0.15, 0.2) is 5.78 Å². The van der Waals surface area contributed by atoms with Gasteiger partial charge in [-0.2, -0.15) is 0 Å². The number of methoxy groups -OCH3 is 1. The molecule has 4 amide bonds. The molecule has 15 nitrogen and oxygen atoms in total. The number of carbonyl (C=O) groups is 6. The van der Waals surface area contributed by atoms with E-state index in [1.165, 1.54) is 11.0 Å². The van der Waals surface area contributed by atoms with E-state index in [9.17, 15) is 37.2 Å². The Labute approximate surface area is 320 Å². The Morgan fingerprint density at radius 1 is 1.15 bits per heavy atom. The smallest absolute Gasteiger partial charge is 0.307 e. The first kappa shape index (κ1) is 39.8. The average molecular weight is 781 g/mol. The summed E-state index contributed by atoms with van der Waals surface area (Å²) in [6, 6.07) is 6.02. The highest BCUT2D eigenvalue weighted by atomic mass is 32.2. The Morgan fingerprint density at radius 2 is 1.89 bits per heavy atom. The highest BCUT2D eigenvalue weighted by Crippen LogP contribution is 2.57. The second kappa shape index (κ2) is 15.3. The van der Waals surface area contributed by atoms with Crippen LogP contribution in [-0.2, 0) is 43.5 Å². The lowest BCUT2D eigenvalue weighted by molar-refractivity contribution is -0.160. The molecule has 5 atom stereocenters. The van der Waals surface area contributed by atoms with Crippen LogP contribution < -0.4 is 14.2 Å². The second-order valence-electron chi connectivity index (χ2n) is 15.9. The van der Waals surface area contributed by atoms with Gasteiger partial charge in [-0.1, -0.05) is 6.08 Å². The second-order valence-corrected chi connectivity index (χ2v) is 17.9.